The molecule has 1 atom stereocenters. The summed E-state index contributed by atoms with van der Waals surface area (Å²) in [5.74, 6) is -1.82. The average Bonchev–Trinajstić information content (AvgIpc) is 3.15. The van der Waals surface area contributed by atoms with Crippen LogP contribution < -0.4 is 10.6 Å². The summed E-state index contributed by atoms with van der Waals surface area (Å²) in [6.07, 6.45) is 0.843. The number of aliphatic carboxylic acids is 1. The number of amides is 2. The number of fused-ring (bicyclic) bond motifs is 3. The zero-order valence-corrected chi connectivity index (χ0v) is 20.2. The molecule has 7 nitrogen and oxygen atoms in total. The van der Waals surface area contributed by atoms with E-state index in [0.29, 0.717) is 10.2 Å². The van der Waals surface area contributed by atoms with Gasteiger partial charge in [-0.25, -0.2) is 9.59 Å². The van der Waals surface area contributed by atoms with E-state index in [-0.39, 0.29) is 24.5 Å². The first kappa shape index (κ1) is 24.2. The Morgan fingerprint density at radius 2 is 1.66 bits per heavy atom. The molecule has 8 heteroatoms. The predicted octanol–water partition coefficient (Wildman–Crippen LogP) is 5.57. The maximum atomic E-state index is 12.6. The summed E-state index contributed by atoms with van der Waals surface area (Å²) in [5, 5.41) is 14.3. The molecule has 0 spiro atoms. The predicted molar refractivity (Wildman–Crippen MR) is 137 cm³/mol. The van der Waals surface area contributed by atoms with Gasteiger partial charge in [-0.05, 0) is 46.9 Å². The van der Waals surface area contributed by atoms with Crippen molar-refractivity contribution in [2.24, 2.45) is 0 Å². The number of carbonyl (C=O) groups excluding carboxylic acids is 2. The van der Waals surface area contributed by atoms with Crippen molar-refractivity contribution in [3.05, 3.63) is 101 Å². The quantitative estimate of drug-likeness (QED) is 0.327. The minimum Gasteiger partial charge on any atom is -0.480 e. The first-order valence-electron chi connectivity index (χ1n) is 10.9. The lowest BCUT2D eigenvalue weighted by Gasteiger charge is -2.15. The second-order valence-electron chi connectivity index (χ2n) is 8.07. The molecule has 0 aliphatic heterocycles. The Labute approximate surface area is 210 Å². The molecule has 0 bridgehead atoms. The molecule has 3 N–H and O–H groups in total. The highest BCUT2D eigenvalue weighted by atomic mass is 79.9. The number of rotatable bonds is 8. The first-order valence-corrected chi connectivity index (χ1v) is 11.7. The van der Waals surface area contributed by atoms with E-state index < -0.39 is 24.0 Å². The number of benzene rings is 3. The summed E-state index contributed by atoms with van der Waals surface area (Å²) in [6.45, 7) is 3.67. The van der Waals surface area contributed by atoms with Gasteiger partial charge in [-0.3, -0.25) is 10.1 Å². The Bertz CT molecular complexity index is 1260. The van der Waals surface area contributed by atoms with Crippen LogP contribution in [0.25, 0.3) is 11.1 Å². The minimum atomic E-state index is -1.16. The zero-order valence-electron chi connectivity index (χ0n) is 18.7. The van der Waals surface area contributed by atoms with E-state index in [0.717, 1.165) is 22.3 Å². The number of anilines is 1. The molecule has 0 saturated carbocycles. The first-order chi connectivity index (χ1) is 16.9. The molecule has 0 radical (unpaired) electrons. The van der Waals surface area contributed by atoms with Gasteiger partial charge in [0.15, 0.2) is 0 Å². The lowest BCUT2D eigenvalue weighted by molar-refractivity contribution is -0.139. The van der Waals surface area contributed by atoms with Crippen molar-refractivity contribution in [3.8, 4) is 11.1 Å². The van der Waals surface area contributed by atoms with Crippen LogP contribution >= 0.6 is 15.9 Å². The molecule has 1 aliphatic rings. The third kappa shape index (κ3) is 5.44. The fourth-order valence-corrected chi connectivity index (χ4v) is 4.67. The summed E-state index contributed by atoms with van der Waals surface area (Å²) < 4.78 is 6.09. The summed E-state index contributed by atoms with van der Waals surface area (Å²) >= 11 is 3.32. The lowest BCUT2D eigenvalue weighted by atomic mass is 9.98. The smallest absolute Gasteiger partial charge is 0.411 e. The summed E-state index contributed by atoms with van der Waals surface area (Å²) in [7, 11) is 0. The van der Waals surface area contributed by atoms with Crippen molar-refractivity contribution < 1.29 is 24.2 Å². The Hall–Kier alpha value is -3.91. The Balaban J connectivity index is 1.44. The maximum Gasteiger partial charge on any atom is 0.411 e. The van der Waals surface area contributed by atoms with Crippen molar-refractivity contribution in [2.75, 3.05) is 11.9 Å². The maximum absolute atomic E-state index is 12.6. The van der Waals surface area contributed by atoms with E-state index in [4.69, 9.17) is 4.74 Å². The summed E-state index contributed by atoms with van der Waals surface area (Å²) in [6, 6.07) is 19.6. The average molecular weight is 535 g/mol. The fraction of sp³-hybridized carbons (Fsp3) is 0.148. The lowest BCUT2D eigenvalue weighted by Crippen LogP contribution is -2.40. The number of carboxylic acid groups (broad SMARTS) is 1. The Morgan fingerprint density at radius 3 is 2.26 bits per heavy atom. The van der Waals surface area contributed by atoms with Crippen molar-refractivity contribution in [2.45, 2.75) is 18.4 Å². The fourth-order valence-electron chi connectivity index (χ4n) is 4.17. The van der Waals surface area contributed by atoms with E-state index in [9.17, 15) is 19.5 Å². The van der Waals surface area contributed by atoms with E-state index in [1.54, 1.807) is 6.07 Å². The number of hydrogen-bond acceptors (Lipinski definition) is 4. The van der Waals surface area contributed by atoms with Crippen LogP contribution in [0.5, 0.6) is 0 Å². The van der Waals surface area contributed by atoms with Gasteiger partial charge in [0.05, 0.1) is 0 Å². The number of halogens is 1. The van der Waals surface area contributed by atoms with Gasteiger partial charge < -0.3 is 15.2 Å². The van der Waals surface area contributed by atoms with E-state index in [1.807, 2.05) is 36.4 Å². The van der Waals surface area contributed by atoms with Gasteiger partial charge in [-0.1, -0.05) is 70.5 Å². The van der Waals surface area contributed by atoms with Gasteiger partial charge in [0.1, 0.15) is 12.6 Å². The van der Waals surface area contributed by atoms with Crippen LogP contribution in [0.1, 0.15) is 33.8 Å². The highest BCUT2D eigenvalue weighted by Gasteiger charge is 2.29. The van der Waals surface area contributed by atoms with Gasteiger partial charge in [0.2, 0.25) is 0 Å². The summed E-state index contributed by atoms with van der Waals surface area (Å²) in [5.41, 5.74) is 5.00. The van der Waals surface area contributed by atoms with Gasteiger partial charge >= 0.3 is 12.1 Å². The molecule has 35 heavy (non-hydrogen) atoms. The van der Waals surface area contributed by atoms with Crippen molar-refractivity contribution in [1.82, 2.24) is 5.32 Å². The van der Waals surface area contributed by atoms with Crippen molar-refractivity contribution in [3.63, 3.8) is 0 Å². The van der Waals surface area contributed by atoms with Crippen LogP contribution in [-0.4, -0.2) is 35.7 Å². The van der Waals surface area contributed by atoms with Crippen molar-refractivity contribution >= 4 is 39.6 Å². The van der Waals surface area contributed by atoms with E-state index in [1.165, 1.54) is 18.2 Å². The monoisotopic (exact) mass is 534 g/mol. The van der Waals surface area contributed by atoms with Gasteiger partial charge in [0, 0.05) is 21.6 Å². The zero-order chi connectivity index (χ0) is 24.9. The molecule has 0 heterocycles. The molecule has 3 aromatic rings. The molecular formula is C27H23BrN2O5. The second-order valence-corrected chi connectivity index (χ2v) is 8.98. The van der Waals surface area contributed by atoms with Crippen LogP contribution in [-0.2, 0) is 9.53 Å². The molecule has 2 amide bonds. The minimum absolute atomic E-state index is 0.0742. The third-order valence-electron chi connectivity index (χ3n) is 5.76. The number of carbonyl (C=O) groups is 3. The Kier molecular flexibility index (Phi) is 7.31. The van der Waals surface area contributed by atoms with Crippen LogP contribution in [0.4, 0.5) is 10.5 Å². The van der Waals surface area contributed by atoms with Crippen LogP contribution in [0, 0.1) is 0 Å². The molecular weight excluding hydrogens is 512 g/mol. The molecule has 1 aliphatic carbocycles. The molecule has 0 fully saturated rings. The van der Waals surface area contributed by atoms with Crippen molar-refractivity contribution in [1.29, 1.82) is 0 Å². The molecule has 0 aromatic heterocycles. The highest BCUT2D eigenvalue weighted by Crippen LogP contribution is 2.44. The topological polar surface area (TPSA) is 105 Å². The number of ether oxygens (including phenoxy) is 1. The standard InChI is InChI=1S/C27H23BrN2O5/c1-2-7-24(26(32)33)30-25(31)16-12-17(28)14-18(13-16)29-27(34)35-15-23-21-10-5-3-8-19(21)20-9-4-6-11-22(20)23/h2-6,8-14,23-24H,1,7,15H2,(H,29,34)(H,30,31)(H,32,33). The van der Waals surface area contributed by atoms with Crippen LogP contribution in [0.2, 0.25) is 0 Å². The third-order valence-corrected chi connectivity index (χ3v) is 6.21. The van der Waals surface area contributed by atoms with Gasteiger partial charge in [-0.15, -0.1) is 6.58 Å². The highest BCUT2D eigenvalue weighted by molar-refractivity contribution is 9.10. The molecule has 0 saturated heterocycles. The summed E-state index contributed by atoms with van der Waals surface area (Å²) in [4.78, 5) is 36.5. The van der Waals surface area contributed by atoms with Crippen LogP contribution in [0.15, 0.2) is 83.9 Å². The van der Waals surface area contributed by atoms with Gasteiger partial charge in [-0.2, -0.15) is 0 Å². The van der Waals surface area contributed by atoms with Crippen LogP contribution in [0.3, 0.4) is 0 Å². The number of hydrogen-bond donors (Lipinski definition) is 3. The molecule has 4 rings (SSSR count). The second kappa shape index (κ2) is 10.6. The number of nitrogens with one attached hydrogen (secondary N) is 2. The molecule has 3 aromatic carbocycles. The molecule has 1 unspecified atom stereocenters. The SMILES string of the molecule is C=CCC(NC(=O)c1cc(Br)cc(NC(=O)OCC2c3ccccc3-c3ccccc32)c1)C(=O)O. The number of carboxylic acids is 1. The van der Waals surface area contributed by atoms with Gasteiger partial charge in [0.25, 0.3) is 5.91 Å². The van der Waals surface area contributed by atoms with E-state index >= 15 is 0 Å². The largest absolute Gasteiger partial charge is 0.480 e. The van der Waals surface area contributed by atoms with E-state index in [2.05, 4.69) is 45.3 Å². The normalized spacial score (nSPS) is 12.7. The molecule has 178 valence electrons. The Morgan fingerprint density at radius 1 is 1.03 bits per heavy atom.